The molecule has 2 amide bonds. The van der Waals surface area contributed by atoms with E-state index < -0.39 is 12.0 Å². The van der Waals surface area contributed by atoms with Crippen LogP contribution in [-0.4, -0.2) is 37.1 Å². The van der Waals surface area contributed by atoms with E-state index in [9.17, 15) is 9.59 Å². The number of thioether (sulfide) groups is 1. The van der Waals surface area contributed by atoms with Gasteiger partial charge in [-0.1, -0.05) is 24.4 Å². The molecule has 0 saturated heterocycles. The molecule has 0 atom stereocenters. The molecule has 2 N–H and O–H groups in total. The topological polar surface area (TPSA) is 88.1 Å². The average molecular weight is 429 g/mol. The maximum absolute atomic E-state index is 12.5. The summed E-state index contributed by atoms with van der Waals surface area (Å²) < 4.78 is 11.5. The van der Waals surface area contributed by atoms with Gasteiger partial charge < -0.3 is 19.9 Å². The molecule has 7 nitrogen and oxygen atoms in total. The Bertz CT molecular complexity index is 833. The molecule has 27 heavy (non-hydrogen) atoms. The fraction of sp³-hybridized carbons (Fsp3) is 0.176. The first kappa shape index (κ1) is 21.1. The van der Waals surface area contributed by atoms with Crippen molar-refractivity contribution in [3.8, 4) is 11.5 Å². The smallest absolute Gasteiger partial charge is 0.336 e. The Kier molecular flexibility index (Phi) is 7.52. The number of carbonyl (C=O) groups excluding carboxylic acids is 1. The Labute approximate surface area is 171 Å². The summed E-state index contributed by atoms with van der Waals surface area (Å²) in [4.78, 5) is 23.8. The van der Waals surface area contributed by atoms with E-state index in [1.807, 2.05) is 0 Å². The Morgan fingerprint density at radius 3 is 2.37 bits per heavy atom. The highest BCUT2D eigenvalue weighted by atomic mass is 35.5. The fourth-order valence-electron chi connectivity index (χ4n) is 2.07. The van der Waals surface area contributed by atoms with Crippen molar-refractivity contribution < 1.29 is 24.2 Å². The van der Waals surface area contributed by atoms with Crippen molar-refractivity contribution in [2.45, 2.75) is 4.90 Å². The number of rotatable bonds is 7. The number of benzene rings is 2. The van der Waals surface area contributed by atoms with Gasteiger partial charge in [-0.15, -0.1) is 11.8 Å². The van der Waals surface area contributed by atoms with Crippen LogP contribution in [0.3, 0.4) is 0 Å². The van der Waals surface area contributed by atoms with Gasteiger partial charge in [0, 0.05) is 11.0 Å². The largest absolute Gasteiger partial charge is 0.495 e. The summed E-state index contributed by atoms with van der Waals surface area (Å²) in [5, 5.41) is 11.7. The molecule has 2 rings (SSSR count). The minimum Gasteiger partial charge on any atom is -0.495 e. The third-order valence-electron chi connectivity index (χ3n) is 3.35. The second-order valence-corrected chi connectivity index (χ2v) is 6.96. The molecule has 2 aromatic rings. The number of carboxylic acid groups (broad SMARTS) is 1. The van der Waals surface area contributed by atoms with Crippen molar-refractivity contribution >= 4 is 59.6 Å². The quantitative estimate of drug-likeness (QED) is 0.447. The zero-order valence-corrected chi connectivity index (χ0v) is 16.9. The van der Waals surface area contributed by atoms with E-state index in [2.05, 4.69) is 18.1 Å². The highest BCUT2D eigenvalue weighted by molar-refractivity contribution is 8.00. The van der Waals surface area contributed by atoms with Crippen molar-refractivity contribution in [2.24, 2.45) is 0 Å². The van der Waals surface area contributed by atoms with Crippen LogP contribution in [0.25, 0.3) is 0 Å². The van der Waals surface area contributed by atoms with E-state index in [1.54, 1.807) is 30.3 Å². The summed E-state index contributed by atoms with van der Waals surface area (Å²) in [6.45, 7) is 0. The van der Waals surface area contributed by atoms with Crippen molar-refractivity contribution in [1.29, 1.82) is 0 Å². The zero-order chi connectivity index (χ0) is 20.0. The van der Waals surface area contributed by atoms with Gasteiger partial charge in [0.1, 0.15) is 11.5 Å². The first-order valence-electron chi connectivity index (χ1n) is 7.52. The van der Waals surface area contributed by atoms with Crippen molar-refractivity contribution in [3.05, 3.63) is 41.4 Å². The van der Waals surface area contributed by atoms with Crippen molar-refractivity contribution in [1.82, 2.24) is 0 Å². The van der Waals surface area contributed by atoms with Crippen LogP contribution in [0.5, 0.6) is 11.5 Å². The lowest BCUT2D eigenvalue weighted by Gasteiger charge is -2.19. The number of urea groups is 1. The van der Waals surface area contributed by atoms with Crippen molar-refractivity contribution in [2.75, 3.05) is 29.6 Å². The molecule has 0 aliphatic heterocycles. The van der Waals surface area contributed by atoms with Gasteiger partial charge in [0.05, 0.1) is 36.4 Å². The number of ether oxygens (including phenoxy) is 2. The maximum atomic E-state index is 12.5. The number of carbonyl (C=O) groups is 2. The van der Waals surface area contributed by atoms with E-state index in [-0.39, 0.29) is 5.75 Å². The third-order valence-corrected chi connectivity index (χ3v) is 5.06. The average Bonchev–Trinajstić information content (AvgIpc) is 2.66. The number of halogens is 1. The molecule has 0 spiro atoms. The highest BCUT2D eigenvalue weighted by Crippen LogP contribution is 2.36. The summed E-state index contributed by atoms with van der Waals surface area (Å²) in [6.07, 6.45) is 0. The molecule has 10 heteroatoms. The lowest BCUT2D eigenvalue weighted by molar-refractivity contribution is -0.133. The molecule has 0 aliphatic carbocycles. The molecule has 0 heterocycles. The van der Waals surface area contributed by atoms with Crippen LogP contribution in [0, 0.1) is 0 Å². The number of aliphatic carboxylic acids is 1. The van der Waals surface area contributed by atoms with Crippen LogP contribution >= 0.6 is 36.2 Å². The van der Waals surface area contributed by atoms with Crippen LogP contribution in [0.2, 0.25) is 5.02 Å². The SMILES string of the molecule is COc1cc(OC)c(NC(=O)N(S)c2ccc(SCC(=O)O)cc2)cc1Cl. The number of hydrogen-bond acceptors (Lipinski definition) is 6. The fourth-order valence-corrected chi connectivity index (χ4v) is 3.11. The summed E-state index contributed by atoms with van der Waals surface area (Å²) in [7, 11) is 2.94. The lowest BCUT2D eigenvalue weighted by atomic mass is 10.2. The molecule has 0 aromatic heterocycles. The number of carboxylic acids is 1. The molecule has 0 radical (unpaired) electrons. The molecular formula is C17H17ClN2O5S2. The molecule has 144 valence electrons. The number of thiol groups is 1. The predicted octanol–water partition coefficient (Wildman–Crippen LogP) is 4.42. The Morgan fingerprint density at radius 2 is 1.81 bits per heavy atom. The molecule has 0 bridgehead atoms. The lowest BCUT2D eigenvalue weighted by Crippen LogP contribution is -2.27. The maximum Gasteiger partial charge on any atom is 0.336 e. The molecule has 0 unspecified atom stereocenters. The normalized spacial score (nSPS) is 10.2. The first-order chi connectivity index (χ1) is 12.8. The van der Waals surface area contributed by atoms with E-state index in [4.69, 9.17) is 26.2 Å². The highest BCUT2D eigenvalue weighted by Gasteiger charge is 2.17. The minimum atomic E-state index is -0.897. The summed E-state index contributed by atoms with van der Waals surface area (Å²) in [5.74, 6) is -0.135. The monoisotopic (exact) mass is 428 g/mol. The standard InChI is InChI=1S/C17H17ClN2O5S2/c1-24-14-8-15(25-2)13(7-12(14)18)19-17(23)20(26)10-3-5-11(6-4-10)27-9-16(21)22/h3-8,26H,9H2,1-2H3,(H,19,23)(H,21,22). The van der Waals surface area contributed by atoms with E-state index in [0.717, 1.165) is 9.20 Å². The van der Waals surface area contributed by atoms with Gasteiger partial charge in [0.2, 0.25) is 0 Å². The van der Waals surface area contributed by atoms with Crippen LogP contribution in [0.4, 0.5) is 16.2 Å². The third kappa shape index (κ3) is 5.62. The summed E-state index contributed by atoms with van der Waals surface area (Å²) in [6, 6.07) is 9.31. The second kappa shape index (κ2) is 9.63. The second-order valence-electron chi connectivity index (χ2n) is 5.11. The van der Waals surface area contributed by atoms with Gasteiger partial charge in [-0.05, 0) is 30.3 Å². The molecule has 2 aromatic carbocycles. The summed E-state index contributed by atoms with van der Waals surface area (Å²) >= 11 is 11.5. The number of anilines is 2. The van der Waals surface area contributed by atoms with E-state index in [1.165, 1.54) is 32.0 Å². The Hall–Kier alpha value is -2.23. The minimum absolute atomic E-state index is 0.0392. The van der Waals surface area contributed by atoms with Crippen molar-refractivity contribution in [3.63, 3.8) is 0 Å². The van der Waals surface area contributed by atoms with Gasteiger partial charge in [-0.25, -0.2) is 9.10 Å². The van der Waals surface area contributed by atoms with Gasteiger partial charge in [0.15, 0.2) is 0 Å². The molecule has 0 fully saturated rings. The first-order valence-corrected chi connectivity index (χ1v) is 9.28. The van der Waals surface area contributed by atoms with Gasteiger partial charge in [0.25, 0.3) is 0 Å². The van der Waals surface area contributed by atoms with Gasteiger partial charge in [-0.2, -0.15) is 0 Å². The van der Waals surface area contributed by atoms with Crippen LogP contribution in [0.15, 0.2) is 41.3 Å². The summed E-state index contributed by atoms with van der Waals surface area (Å²) in [5.41, 5.74) is 0.870. The van der Waals surface area contributed by atoms with Crippen LogP contribution in [0.1, 0.15) is 0 Å². The Balaban J connectivity index is 2.11. The number of methoxy groups -OCH3 is 2. The molecular weight excluding hydrogens is 412 g/mol. The number of amides is 2. The predicted molar refractivity (Wildman–Crippen MR) is 110 cm³/mol. The number of nitrogens with zero attached hydrogens (tertiary/aromatic N) is 1. The zero-order valence-electron chi connectivity index (χ0n) is 14.4. The van der Waals surface area contributed by atoms with Crippen LogP contribution < -0.4 is 19.1 Å². The van der Waals surface area contributed by atoms with E-state index in [0.29, 0.717) is 27.9 Å². The van der Waals surface area contributed by atoms with Gasteiger partial charge >= 0.3 is 12.0 Å². The van der Waals surface area contributed by atoms with E-state index >= 15 is 0 Å². The number of nitrogens with one attached hydrogen (secondary N) is 1. The number of hydrogen-bond donors (Lipinski definition) is 3. The Morgan fingerprint density at radius 1 is 1.19 bits per heavy atom. The molecule has 0 aliphatic rings. The van der Waals surface area contributed by atoms with Crippen LogP contribution in [-0.2, 0) is 4.79 Å². The molecule has 0 saturated carbocycles. The van der Waals surface area contributed by atoms with Gasteiger partial charge in [-0.3, -0.25) is 4.79 Å².